The highest BCUT2D eigenvalue weighted by Crippen LogP contribution is 2.20. The maximum atomic E-state index is 12.5. The number of unbranched alkanes of at least 4 members (excludes halogenated alkanes) is 3. The number of hydrogen-bond donors (Lipinski definition) is 1. The summed E-state index contributed by atoms with van der Waals surface area (Å²) in [4.78, 5) is 16.4. The lowest BCUT2D eigenvalue weighted by molar-refractivity contribution is 0.258. The molecule has 0 heterocycles. The third-order valence-electron chi connectivity index (χ3n) is 5.43. The number of likely N-dealkylation sites (N-methyl/N-ethyl adjacent to an activating group) is 1. The fourth-order valence-electron chi connectivity index (χ4n) is 3.25. The van der Waals surface area contributed by atoms with Crippen LogP contribution in [0.1, 0.15) is 36.8 Å². The number of urea groups is 1. The van der Waals surface area contributed by atoms with Gasteiger partial charge in [0.05, 0.1) is 6.61 Å². The van der Waals surface area contributed by atoms with Crippen molar-refractivity contribution in [2.24, 2.45) is 0 Å². The summed E-state index contributed by atoms with van der Waals surface area (Å²) in [7, 11) is 3.89. The fraction of sp³-hybridized carbons (Fsp3) is 0.423. The van der Waals surface area contributed by atoms with Crippen molar-refractivity contribution in [2.75, 3.05) is 44.0 Å². The zero-order chi connectivity index (χ0) is 22.6. The van der Waals surface area contributed by atoms with Gasteiger partial charge in [-0.25, -0.2) is 4.79 Å². The van der Waals surface area contributed by atoms with Crippen molar-refractivity contribution in [3.63, 3.8) is 0 Å². The number of ether oxygens (including phenoxy) is 1. The number of carbonyl (C=O) groups excluding carboxylic acids is 1. The molecule has 0 radical (unpaired) electrons. The van der Waals surface area contributed by atoms with E-state index >= 15 is 0 Å². The van der Waals surface area contributed by atoms with Gasteiger partial charge in [-0.05, 0) is 87.8 Å². The van der Waals surface area contributed by atoms with Gasteiger partial charge in [0.15, 0.2) is 0 Å². The zero-order valence-corrected chi connectivity index (χ0v) is 19.5. The van der Waals surface area contributed by atoms with E-state index in [0.29, 0.717) is 6.61 Å². The third kappa shape index (κ3) is 8.46. The van der Waals surface area contributed by atoms with Crippen LogP contribution in [0.15, 0.2) is 55.1 Å². The smallest absolute Gasteiger partial charge is 0.326 e. The molecule has 0 aromatic heterocycles. The van der Waals surface area contributed by atoms with Crippen LogP contribution < -0.4 is 15.0 Å². The quantitative estimate of drug-likeness (QED) is 0.335. The second-order valence-corrected chi connectivity index (χ2v) is 8.10. The van der Waals surface area contributed by atoms with E-state index in [4.69, 9.17) is 4.74 Å². The first kappa shape index (κ1) is 24.5. The average molecular weight is 424 g/mol. The van der Waals surface area contributed by atoms with Crippen LogP contribution in [0.2, 0.25) is 0 Å². The SMILES string of the molecule is C=CCN(C)CCCCCCOc1ccc(N(C)C(=O)Nc2ccc(C)c(C)c2)cc1. The molecule has 0 fully saturated rings. The van der Waals surface area contributed by atoms with Crippen LogP contribution in [0.3, 0.4) is 0 Å². The molecule has 2 aromatic carbocycles. The lowest BCUT2D eigenvalue weighted by Crippen LogP contribution is -2.31. The summed E-state index contributed by atoms with van der Waals surface area (Å²) < 4.78 is 5.84. The van der Waals surface area contributed by atoms with Crippen molar-refractivity contribution in [1.29, 1.82) is 0 Å². The van der Waals surface area contributed by atoms with E-state index < -0.39 is 0 Å². The van der Waals surface area contributed by atoms with Crippen LogP contribution in [-0.4, -0.2) is 44.7 Å². The Kier molecular flexibility index (Phi) is 10.1. The second kappa shape index (κ2) is 12.8. The Labute approximate surface area is 187 Å². The van der Waals surface area contributed by atoms with Crippen LogP contribution in [0, 0.1) is 13.8 Å². The highest BCUT2D eigenvalue weighted by molar-refractivity contribution is 6.01. The summed E-state index contributed by atoms with van der Waals surface area (Å²) in [6, 6.07) is 13.4. The number of nitrogens with one attached hydrogen (secondary N) is 1. The van der Waals surface area contributed by atoms with Gasteiger partial charge in [0.2, 0.25) is 0 Å². The van der Waals surface area contributed by atoms with Crippen molar-refractivity contribution in [3.05, 3.63) is 66.2 Å². The maximum Gasteiger partial charge on any atom is 0.326 e. The van der Waals surface area contributed by atoms with Crippen molar-refractivity contribution < 1.29 is 9.53 Å². The van der Waals surface area contributed by atoms with Gasteiger partial charge in [-0.1, -0.05) is 25.0 Å². The molecule has 0 spiro atoms. The summed E-state index contributed by atoms with van der Waals surface area (Å²) in [5, 5.41) is 2.94. The predicted octanol–water partition coefficient (Wildman–Crippen LogP) is 6.03. The second-order valence-electron chi connectivity index (χ2n) is 8.10. The van der Waals surface area contributed by atoms with Gasteiger partial charge in [-0.3, -0.25) is 4.90 Å². The van der Waals surface area contributed by atoms with Gasteiger partial charge in [0, 0.05) is 25.0 Å². The van der Waals surface area contributed by atoms with Gasteiger partial charge in [-0.2, -0.15) is 0 Å². The zero-order valence-electron chi connectivity index (χ0n) is 19.5. The number of hydrogen-bond acceptors (Lipinski definition) is 3. The van der Waals surface area contributed by atoms with Gasteiger partial charge in [0.1, 0.15) is 5.75 Å². The molecule has 0 aliphatic heterocycles. The highest BCUT2D eigenvalue weighted by atomic mass is 16.5. The van der Waals surface area contributed by atoms with E-state index in [0.717, 1.165) is 42.2 Å². The van der Waals surface area contributed by atoms with Crippen LogP contribution >= 0.6 is 0 Å². The Balaban J connectivity index is 1.71. The number of benzene rings is 2. The topological polar surface area (TPSA) is 44.8 Å². The molecule has 2 amide bonds. The Hall–Kier alpha value is -2.79. The largest absolute Gasteiger partial charge is 0.494 e. The lowest BCUT2D eigenvalue weighted by Gasteiger charge is -2.19. The van der Waals surface area contributed by atoms with Gasteiger partial charge in [-0.15, -0.1) is 6.58 Å². The number of aryl methyl sites for hydroxylation is 2. The molecule has 31 heavy (non-hydrogen) atoms. The summed E-state index contributed by atoms with van der Waals surface area (Å²) >= 11 is 0. The first-order valence-corrected chi connectivity index (χ1v) is 11.0. The van der Waals surface area contributed by atoms with E-state index in [1.807, 2.05) is 55.5 Å². The molecule has 0 saturated carbocycles. The minimum Gasteiger partial charge on any atom is -0.494 e. The molecule has 0 bridgehead atoms. The molecule has 0 aliphatic carbocycles. The molecule has 1 N–H and O–H groups in total. The molecule has 5 nitrogen and oxygen atoms in total. The monoisotopic (exact) mass is 423 g/mol. The first-order valence-electron chi connectivity index (χ1n) is 11.0. The van der Waals surface area contributed by atoms with Crippen molar-refractivity contribution >= 4 is 17.4 Å². The molecule has 0 saturated heterocycles. The van der Waals surface area contributed by atoms with E-state index in [9.17, 15) is 4.79 Å². The third-order valence-corrected chi connectivity index (χ3v) is 5.43. The van der Waals surface area contributed by atoms with Crippen LogP contribution in [-0.2, 0) is 0 Å². The van der Waals surface area contributed by atoms with Crippen molar-refractivity contribution in [3.8, 4) is 5.75 Å². The Morgan fingerprint density at radius 3 is 2.39 bits per heavy atom. The average Bonchev–Trinajstić information content (AvgIpc) is 2.75. The highest BCUT2D eigenvalue weighted by Gasteiger charge is 2.11. The van der Waals surface area contributed by atoms with E-state index in [1.165, 1.54) is 24.8 Å². The van der Waals surface area contributed by atoms with Gasteiger partial charge >= 0.3 is 6.03 Å². The molecular formula is C26H37N3O2. The molecule has 0 unspecified atom stereocenters. The molecule has 0 aliphatic rings. The van der Waals surface area contributed by atoms with Crippen molar-refractivity contribution in [1.82, 2.24) is 4.90 Å². The Morgan fingerprint density at radius 1 is 1.00 bits per heavy atom. The Bertz CT molecular complexity index is 833. The normalized spacial score (nSPS) is 10.7. The number of nitrogens with zero attached hydrogens (tertiary/aromatic N) is 2. The molecule has 2 aromatic rings. The minimum absolute atomic E-state index is 0.171. The van der Waals surface area contributed by atoms with Gasteiger partial charge in [0.25, 0.3) is 0 Å². The number of anilines is 2. The summed E-state index contributed by atoms with van der Waals surface area (Å²) in [6.07, 6.45) is 6.57. The predicted molar refractivity (Wildman–Crippen MR) is 131 cm³/mol. The van der Waals surface area contributed by atoms with E-state index in [1.54, 1.807) is 11.9 Å². The summed E-state index contributed by atoms with van der Waals surface area (Å²) in [5.74, 6) is 0.831. The number of carbonyl (C=O) groups is 1. The van der Waals surface area contributed by atoms with E-state index in [-0.39, 0.29) is 6.03 Å². The van der Waals surface area contributed by atoms with Gasteiger partial charge < -0.3 is 15.0 Å². The molecule has 5 heteroatoms. The maximum absolute atomic E-state index is 12.5. The fourth-order valence-corrected chi connectivity index (χ4v) is 3.25. The summed E-state index contributed by atoms with van der Waals surface area (Å²) in [6.45, 7) is 10.6. The Morgan fingerprint density at radius 2 is 1.71 bits per heavy atom. The lowest BCUT2D eigenvalue weighted by atomic mass is 10.1. The van der Waals surface area contributed by atoms with E-state index in [2.05, 4.69) is 30.8 Å². The molecular weight excluding hydrogens is 386 g/mol. The van der Waals surface area contributed by atoms with Crippen LogP contribution in [0.4, 0.5) is 16.2 Å². The van der Waals surface area contributed by atoms with Crippen LogP contribution in [0.25, 0.3) is 0 Å². The minimum atomic E-state index is -0.171. The molecule has 2 rings (SSSR count). The molecule has 168 valence electrons. The van der Waals surface area contributed by atoms with Crippen LogP contribution in [0.5, 0.6) is 5.75 Å². The van der Waals surface area contributed by atoms with Crippen molar-refractivity contribution in [2.45, 2.75) is 39.5 Å². The standard InChI is InChI=1S/C26H37N3O2/c1-6-17-28(4)18-9-7-8-10-19-31-25-15-13-24(14-16-25)29(5)26(30)27-23-12-11-21(2)22(3)20-23/h6,11-16,20H,1,7-10,17-19H2,2-5H3,(H,27,30). The first-order chi connectivity index (χ1) is 14.9. The number of amides is 2. The number of rotatable bonds is 12. The summed E-state index contributed by atoms with van der Waals surface area (Å²) in [5.41, 5.74) is 3.98. The molecule has 0 atom stereocenters.